The van der Waals surface area contributed by atoms with Crippen LogP contribution in [0.4, 0.5) is 10.5 Å². The number of aryl methyl sites for hydroxylation is 1. The highest BCUT2D eigenvalue weighted by molar-refractivity contribution is 6.30. The van der Waals surface area contributed by atoms with Gasteiger partial charge in [0.15, 0.2) is 0 Å². The molecular formula is C23H22ClN3O. The van der Waals surface area contributed by atoms with Gasteiger partial charge in [-0.3, -0.25) is 9.88 Å². The molecule has 0 spiro atoms. The number of halogens is 1. The molecule has 4 rings (SSSR count). The maximum Gasteiger partial charge on any atom is 0.318 e. The molecular weight excluding hydrogens is 370 g/mol. The van der Waals surface area contributed by atoms with Crippen LogP contribution in [0.3, 0.4) is 0 Å². The quantitative estimate of drug-likeness (QED) is 0.680. The van der Waals surface area contributed by atoms with E-state index in [1.54, 1.807) is 7.05 Å². The zero-order valence-electron chi connectivity index (χ0n) is 15.8. The third-order valence-corrected chi connectivity index (χ3v) is 5.55. The minimum Gasteiger partial charge on any atom is -0.351 e. The molecule has 1 aromatic heterocycles. The van der Waals surface area contributed by atoms with E-state index in [4.69, 9.17) is 22.3 Å². The fourth-order valence-electron chi connectivity index (χ4n) is 3.76. The number of nitrogens with zero attached hydrogens (tertiary/aromatic N) is 2. The van der Waals surface area contributed by atoms with Crippen LogP contribution < -0.4 is 10.6 Å². The second-order valence-electron chi connectivity index (χ2n) is 7.20. The molecule has 5 heteroatoms. The number of anilines is 1. The summed E-state index contributed by atoms with van der Waals surface area (Å²) in [6, 6.07) is 17.5. The Kier molecular flexibility index (Phi) is 5.05. The highest BCUT2D eigenvalue weighted by Crippen LogP contribution is 2.31. The lowest BCUT2D eigenvalue weighted by Crippen LogP contribution is -2.31. The standard InChI is InChI=1S/C23H22ClN3O/c1-27(23(25)28)19-10-8-15(9-11-19)12-17-14-22(16-4-2-5-18(24)13-16)26-21-7-3-6-20(17)21/h2,4-5,8-11,13-14H,3,6-7,12H2,1H3,(H2,25,28). The Morgan fingerprint density at radius 2 is 1.93 bits per heavy atom. The second-order valence-corrected chi connectivity index (χ2v) is 7.63. The Balaban J connectivity index is 1.67. The number of pyridine rings is 1. The summed E-state index contributed by atoms with van der Waals surface area (Å²) in [5, 5.41) is 0.718. The third kappa shape index (κ3) is 3.73. The summed E-state index contributed by atoms with van der Waals surface area (Å²) in [6.45, 7) is 0. The Hall–Kier alpha value is -2.85. The molecule has 142 valence electrons. The Labute approximate surface area is 170 Å². The van der Waals surface area contributed by atoms with Gasteiger partial charge in [-0.2, -0.15) is 0 Å². The Morgan fingerprint density at radius 1 is 1.14 bits per heavy atom. The molecule has 3 aromatic rings. The first-order valence-electron chi connectivity index (χ1n) is 9.41. The summed E-state index contributed by atoms with van der Waals surface area (Å²) in [6.07, 6.45) is 4.09. The Bertz CT molecular complexity index is 1030. The SMILES string of the molecule is CN(C(N)=O)c1ccc(Cc2cc(-c3cccc(Cl)c3)nc3c2CCC3)cc1. The number of nitrogens with two attached hydrogens (primary N) is 1. The molecule has 0 saturated heterocycles. The van der Waals surface area contributed by atoms with Crippen molar-refractivity contribution in [2.45, 2.75) is 25.7 Å². The van der Waals surface area contributed by atoms with E-state index in [0.29, 0.717) is 0 Å². The van der Waals surface area contributed by atoms with Gasteiger partial charge < -0.3 is 5.73 Å². The van der Waals surface area contributed by atoms with Gasteiger partial charge in [-0.15, -0.1) is 0 Å². The normalized spacial score (nSPS) is 12.6. The molecule has 0 unspecified atom stereocenters. The highest BCUT2D eigenvalue weighted by Gasteiger charge is 2.19. The number of rotatable bonds is 4. The van der Waals surface area contributed by atoms with Crippen LogP contribution in [0.15, 0.2) is 54.6 Å². The lowest BCUT2D eigenvalue weighted by Gasteiger charge is -2.15. The molecule has 0 radical (unpaired) electrons. The van der Waals surface area contributed by atoms with Crippen LogP contribution in [0.25, 0.3) is 11.3 Å². The largest absolute Gasteiger partial charge is 0.351 e. The lowest BCUT2D eigenvalue weighted by molar-refractivity contribution is 0.255. The summed E-state index contributed by atoms with van der Waals surface area (Å²) in [7, 11) is 1.67. The summed E-state index contributed by atoms with van der Waals surface area (Å²) in [4.78, 5) is 17.7. The smallest absolute Gasteiger partial charge is 0.318 e. The second kappa shape index (κ2) is 7.64. The number of carbonyl (C=O) groups excluding carboxylic acids is 1. The van der Waals surface area contributed by atoms with Crippen LogP contribution in [0.5, 0.6) is 0 Å². The average molecular weight is 392 g/mol. The van der Waals surface area contributed by atoms with Crippen molar-refractivity contribution in [1.82, 2.24) is 4.98 Å². The van der Waals surface area contributed by atoms with Crippen LogP contribution in [0.1, 0.15) is 28.8 Å². The number of aromatic nitrogens is 1. The summed E-state index contributed by atoms with van der Waals surface area (Å²) < 4.78 is 0. The first-order valence-corrected chi connectivity index (χ1v) is 9.79. The maximum atomic E-state index is 11.3. The molecule has 1 heterocycles. The molecule has 4 nitrogen and oxygen atoms in total. The predicted octanol–water partition coefficient (Wildman–Crippen LogP) is 5.00. The fraction of sp³-hybridized carbons (Fsp3) is 0.217. The third-order valence-electron chi connectivity index (χ3n) is 5.31. The zero-order valence-corrected chi connectivity index (χ0v) is 16.5. The van der Waals surface area contributed by atoms with Gasteiger partial charge in [0.1, 0.15) is 0 Å². The van der Waals surface area contributed by atoms with Crippen LogP contribution in [-0.4, -0.2) is 18.1 Å². The lowest BCUT2D eigenvalue weighted by atomic mass is 9.97. The van der Waals surface area contributed by atoms with Crippen LogP contribution in [-0.2, 0) is 19.3 Å². The highest BCUT2D eigenvalue weighted by atomic mass is 35.5. The molecule has 2 aromatic carbocycles. The topological polar surface area (TPSA) is 59.2 Å². The Morgan fingerprint density at radius 3 is 2.64 bits per heavy atom. The number of hydrogen-bond donors (Lipinski definition) is 1. The van der Waals surface area contributed by atoms with E-state index < -0.39 is 6.03 Å². The molecule has 0 bridgehead atoms. The molecule has 1 aliphatic carbocycles. The van der Waals surface area contributed by atoms with Crippen molar-refractivity contribution >= 4 is 23.3 Å². The molecule has 28 heavy (non-hydrogen) atoms. The van der Waals surface area contributed by atoms with Crippen molar-refractivity contribution in [2.75, 3.05) is 11.9 Å². The molecule has 2 amide bonds. The van der Waals surface area contributed by atoms with E-state index in [2.05, 4.69) is 18.2 Å². The van der Waals surface area contributed by atoms with Crippen LogP contribution in [0.2, 0.25) is 5.02 Å². The van der Waals surface area contributed by atoms with Crippen molar-refractivity contribution in [2.24, 2.45) is 5.73 Å². The van der Waals surface area contributed by atoms with Crippen molar-refractivity contribution in [3.8, 4) is 11.3 Å². The van der Waals surface area contributed by atoms with Gasteiger partial charge in [-0.25, -0.2) is 4.79 Å². The average Bonchev–Trinajstić information content (AvgIpc) is 3.17. The summed E-state index contributed by atoms with van der Waals surface area (Å²) >= 11 is 6.18. The zero-order chi connectivity index (χ0) is 19.7. The van der Waals surface area contributed by atoms with Gasteiger partial charge in [0.2, 0.25) is 0 Å². The van der Waals surface area contributed by atoms with Crippen molar-refractivity contribution in [1.29, 1.82) is 0 Å². The number of carbonyl (C=O) groups is 1. The molecule has 2 N–H and O–H groups in total. The minimum atomic E-state index is -0.467. The van der Waals surface area contributed by atoms with Gasteiger partial charge in [0.25, 0.3) is 0 Å². The minimum absolute atomic E-state index is 0.467. The van der Waals surface area contributed by atoms with E-state index in [0.717, 1.165) is 47.7 Å². The molecule has 0 atom stereocenters. The van der Waals surface area contributed by atoms with Gasteiger partial charge >= 0.3 is 6.03 Å². The number of fused-ring (bicyclic) bond motifs is 1. The number of urea groups is 1. The maximum absolute atomic E-state index is 11.3. The van der Waals surface area contributed by atoms with Crippen LogP contribution in [0, 0.1) is 0 Å². The molecule has 0 aliphatic heterocycles. The number of amides is 2. The number of benzene rings is 2. The number of hydrogen-bond acceptors (Lipinski definition) is 2. The van der Waals surface area contributed by atoms with E-state index in [1.807, 2.05) is 36.4 Å². The van der Waals surface area contributed by atoms with Crippen LogP contribution >= 0.6 is 11.6 Å². The predicted molar refractivity (Wildman–Crippen MR) is 114 cm³/mol. The fourth-order valence-corrected chi connectivity index (χ4v) is 3.96. The van der Waals surface area contributed by atoms with Gasteiger partial charge in [-0.05, 0) is 72.7 Å². The molecule has 1 aliphatic rings. The van der Waals surface area contributed by atoms with Gasteiger partial charge in [-0.1, -0.05) is 35.9 Å². The first-order chi connectivity index (χ1) is 13.5. The number of primary amides is 1. The van der Waals surface area contributed by atoms with E-state index in [9.17, 15) is 4.79 Å². The van der Waals surface area contributed by atoms with Gasteiger partial charge in [0.05, 0.1) is 5.69 Å². The van der Waals surface area contributed by atoms with E-state index >= 15 is 0 Å². The van der Waals surface area contributed by atoms with E-state index in [1.165, 1.54) is 27.3 Å². The monoisotopic (exact) mass is 391 g/mol. The van der Waals surface area contributed by atoms with Gasteiger partial charge in [0, 0.05) is 29.0 Å². The van der Waals surface area contributed by atoms with Crippen molar-refractivity contribution < 1.29 is 4.79 Å². The summed E-state index contributed by atoms with van der Waals surface area (Å²) in [5.41, 5.74) is 13.2. The van der Waals surface area contributed by atoms with Crippen molar-refractivity contribution in [3.05, 3.63) is 82.0 Å². The van der Waals surface area contributed by atoms with E-state index in [-0.39, 0.29) is 0 Å². The molecule has 0 saturated carbocycles. The van der Waals surface area contributed by atoms with Crippen molar-refractivity contribution in [3.63, 3.8) is 0 Å². The molecule has 0 fully saturated rings. The summed E-state index contributed by atoms with van der Waals surface area (Å²) in [5.74, 6) is 0. The first kappa shape index (κ1) is 18.5.